The van der Waals surface area contributed by atoms with Crippen LogP contribution in [0.15, 0.2) is 0 Å². The molecule has 1 saturated carbocycles. The smallest absolute Gasteiger partial charge is 0.407 e. The summed E-state index contributed by atoms with van der Waals surface area (Å²) in [5.41, 5.74) is 0. The highest BCUT2D eigenvalue weighted by Crippen LogP contribution is 2.23. The zero-order valence-electron chi connectivity index (χ0n) is 9.92. The highest BCUT2D eigenvalue weighted by atomic mass is 16.5. The number of carbonyl (C=O) groups is 1. The number of ether oxygens (including phenoxy) is 1. The van der Waals surface area contributed by atoms with Crippen LogP contribution in [0.25, 0.3) is 0 Å². The van der Waals surface area contributed by atoms with Crippen LogP contribution in [0.3, 0.4) is 0 Å². The van der Waals surface area contributed by atoms with Crippen LogP contribution >= 0.6 is 0 Å². The molecule has 3 heteroatoms. The molecule has 1 fully saturated rings. The Kier molecular flexibility index (Phi) is 5.51. The van der Waals surface area contributed by atoms with Gasteiger partial charge < -0.3 is 10.1 Å². The molecular weight excluding hydrogens is 190 g/mol. The van der Waals surface area contributed by atoms with E-state index < -0.39 is 0 Å². The maximum absolute atomic E-state index is 11.3. The Morgan fingerprint density at radius 2 is 2.00 bits per heavy atom. The first-order valence-corrected chi connectivity index (χ1v) is 6.15. The molecule has 0 atom stereocenters. The van der Waals surface area contributed by atoms with Gasteiger partial charge in [-0.15, -0.1) is 0 Å². The molecule has 0 unspecified atom stereocenters. The monoisotopic (exact) mass is 213 g/mol. The van der Waals surface area contributed by atoms with E-state index in [4.69, 9.17) is 4.74 Å². The van der Waals surface area contributed by atoms with Gasteiger partial charge in [0.25, 0.3) is 0 Å². The lowest BCUT2D eigenvalue weighted by molar-refractivity contribution is 0.136. The Bertz CT molecular complexity index is 186. The van der Waals surface area contributed by atoms with Gasteiger partial charge in [0.1, 0.15) is 0 Å². The third-order valence-electron chi connectivity index (χ3n) is 3.07. The Morgan fingerprint density at radius 3 is 2.60 bits per heavy atom. The van der Waals surface area contributed by atoms with E-state index in [1.807, 2.05) is 0 Å². The lowest BCUT2D eigenvalue weighted by Gasteiger charge is -2.26. The standard InChI is InChI=1S/C12H23NO2/c1-3-4-9-15-12(14)13-11-7-5-10(2)6-8-11/h10-11H,3-9H2,1-2H3,(H,13,14)/t10-,11+. The normalized spacial score (nSPS) is 26.0. The van der Waals surface area contributed by atoms with Crippen LogP contribution in [0.4, 0.5) is 4.79 Å². The zero-order chi connectivity index (χ0) is 11.1. The van der Waals surface area contributed by atoms with E-state index in [0.717, 1.165) is 31.6 Å². The molecule has 15 heavy (non-hydrogen) atoms. The van der Waals surface area contributed by atoms with Gasteiger partial charge in [-0.25, -0.2) is 4.79 Å². The third kappa shape index (κ3) is 5.05. The maximum atomic E-state index is 11.3. The van der Waals surface area contributed by atoms with Gasteiger partial charge in [-0.2, -0.15) is 0 Å². The van der Waals surface area contributed by atoms with Gasteiger partial charge in [0, 0.05) is 6.04 Å². The molecule has 0 radical (unpaired) electrons. The maximum Gasteiger partial charge on any atom is 0.407 e. The molecule has 0 bridgehead atoms. The number of nitrogens with one attached hydrogen (secondary N) is 1. The van der Waals surface area contributed by atoms with Crippen molar-refractivity contribution in [2.45, 2.75) is 58.4 Å². The minimum Gasteiger partial charge on any atom is -0.450 e. The van der Waals surface area contributed by atoms with E-state index in [-0.39, 0.29) is 6.09 Å². The van der Waals surface area contributed by atoms with Crippen LogP contribution in [0, 0.1) is 5.92 Å². The van der Waals surface area contributed by atoms with Crippen LogP contribution < -0.4 is 5.32 Å². The highest BCUT2D eigenvalue weighted by molar-refractivity contribution is 5.67. The number of amides is 1. The molecule has 1 rings (SSSR count). The number of hydrogen-bond acceptors (Lipinski definition) is 2. The predicted molar refractivity (Wildman–Crippen MR) is 60.8 cm³/mol. The summed E-state index contributed by atoms with van der Waals surface area (Å²) in [6, 6.07) is 0.343. The summed E-state index contributed by atoms with van der Waals surface area (Å²) in [4.78, 5) is 11.3. The molecule has 1 aliphatic carbocycles. The zero-order valence-corrected chi connectivity index (χ0v) is 9.92. The Balaban J connectivity index is 2.09. The third-order valence-corrected chi connectivity index (χ3v) is 3.07. The molecule has 0 aromatic heterocycles. The summed E-state index contributed by atoms with van der Waals surface area (Å²) < 4.78 is 5.06. The van der Waals surface area contributed by atoms with Gasteiger partial charge in [0.2, 0.25) is 0 Å². The first-order valence-electron chi connectivity index (χ1n) is 6.15. The topological polar surface area (TPSA) is 38.3 Å². The molecule has 0 spiro atoms. The van der Waals surface area contributed by atoms with E-state index in [1.54, 1.807) is 0 Å². The number of alkyl carbamates (subject to hydrolysis) is 1. The molecule has 0 heterocycles. The van der Waals surface area contributed by atoms with E-state index >= 15 is 0 Å². The molecule has 0 aromatic rings. The van der Waals surface area contributed by atoms with Crippen molar-refractivity contribution >= 4 is 6.09 Å². The first kappa shape index (κ1) is 12.3. The van der Waals surface area contributed by atoms with Crippen LogP contribution in [-0.2, 0) is 4.74 Å². The minimum atomic E-state index is -0.233. The summed E-state index contributed by atoms with van der Waals surface area (Å²) in [6.45, 7) is 4.91. The van der Waals surface area contributed by atoms with E-state index in [1.165, 1.54) is 12.8 Å². The van der Waals surface area contributed by atoms with Crippen molar-refractivity contribution in [1.82, 2.24) is 5.32 Å². The Morgan fingerprint density at radius 1 is 1.33 bits per heavy atom. The van der Waals surface area contributed by atoms with E-state index in [0.29, 0.717) is 12.6 Å². The lowest BCUT2D eigenvalue weighted by atomic mass is 9.87. The molecule has 1 amide bonds. The largest absolute Gasteiger partial charge is 0.450 e. The molecule has 0 saturated heterocycles. The van der Waals surface area contributed by atoms with Crippen LogP contribution in [-0.4, -0.2) is 18.7 Å². The summed E-state index contributed by atoms with van der Waals surface area (Å²) in [5.74, 6) is 0.819. The van der Waals surface area contributed by atoms with Crippen molar-refractivity contribution in [2.75, 3.05) is 6.61 Å². The van der Waals surface area contributed by atoms with Gasteiger partial charge in [0.05, 0.1) is 6.61 Å². The highest BCUT2D eigenvalue weighted by Gasteiger charge is 2.19. The summed E-state index contributed by atoms with van der Waals surface area (Å²) >= 11 is 0. The quantitative estimate of drug-likeness (QED) is 0.729. The molecule has 0 aliphatic heterocycles. The van der Waals surface area contributed by atoms with Crippen molar-refractivity contribution in [3.63, 3.8) is 0 Å². The van der Waals surface area contributed by atoms with E-state index in [2.05, 4.69) is 19.2 Å². The number of carbonyl (C=O) groups excluding carboxylic acids is 1. The van der Waals surface area contributed by atoms with Crippen molar-refractivity contribution in [2.24, 2.45) is 5.92 Å². The fourth-order valence-corrected chi connectivity index (χ4v) is 1.92. The Labute approximate surface area is 92.6 Å². The van der Waals surface area contributed by atoms with Crippen LogP contribution in [0.1, 0.15) is 52.4 Å². The molecule has 0 aromatic carbocycles. The average Bonchev–Trinajstić information content (AvgIpc) is 2.22. The van der Waals surface area contributed by atoms with Crippen molar-refractivity contribution in [3.8, 4) is 0 Å². The van der Waals surface area contributed by atoms with Gasteiger partial charge in [-0.1, -0.05) is 20.3 Å². The summed E-state index contributed by atoms with van der Waals surface area (Å²) in [6.07, 6.45) is 6.43. The molecule has 3 nitrogen and oxygen atoms in total. The van der Waals surface area contributed by atoms with Gasteiger partial charge in [0.15, 0.2) is 0 Å². The van der Waals surface area contributed by atoms with Crippen LogP contribution in [0.5, 0.6) is 0 Å². The van der Waals surface area contributed by atoms with Gasteiger partial charge in [-0.3, -0.25) is 0 Å². The van der Waals surface area contributed by atoms with Gasteiger partial charge >= 0.3 is 6.09 Å². The predicted octanol–water partition coefficient (Wildman–Crippen LogP) is 3.09. The van der Waals surface area contributed by atoms with Crippen LogP contribution in [0.2, 0.25) is 0 Å². The minimum absolute atomic E-state index is 0.233. The molecule has 1 aliphatic rings. The van der Waals surface area contributed by atoms with Crippen molar-refractivity contribution < 1.29 is 9.53 Å². The Hall–Kier alpha value is -0.730. The first-order chi connectivity index (χ1) is 7.22. The fraction of sp³-hybridized carbons (Fsp3) is 0.917. The van der Waals surface area contributed by atoms with Crippen molar-refractivity contribution in [3.05, 3.63) is 0 Å². The SMILES string of the molecule is CCCCOC(=O)N[C@H]1CC[C@@H](C)CC1. The second kappa shape index (κ2) is 6.70. The van der Waals surface area contributed by atoms with Gasteiger partial charge in [-0.05, 0) is 38.0 Å². The number of hydrogen-bond donors (Lipinski definition) is 1. The molecular formula is C12H23NO2. The number of unbranched alkanes of at least 4 members (excludes halogenated alkanes) is 1. The average molecular weight is 213 g/mol. The molecule has 1 N–H and O–H groups in total. The van der Waals surface area contributed by atoms with Crippen molar-refractivity contribution in [1.29, 1.82) is 0 Å². The fourth-order valence-electron chi connectivity index (χ4n) is 1.92. The summed E-state index contributed by atoms with van der Waals surface area (Å²) in [7, 11) is 0. The summed E-state index contributed by atoms with van der Waals surface area (Å²) in [5, 5.41) is 2.94. The second-order valence-corrected chi connectivity index (χ2v) is 4.59. The molecule has 88 valence electrons. The lowest BCUT2D eigenvalue weighted by Crippen LogP contribution is -2.37. The number of rotatable bonds is 4. The van der Waals surface area contributed by atoms with E-state index in [9.17, 15) is 4.79 Å². The second-order valence-electron chi connectivity index (χ2n) is 4.59.